The molecule has 140 valence electrons. The van der Waals surface area contributed by atoms with Crippen molar-refractivity contribution in [3.63, 3.8) is 0 Å². The fourth-order valence-corrected chi connectivity index (χ4v) is 3.93. The number of hydrogen-bond acceptors (Lipinski definition) is 3. The molecule has 2 aromatic carbocycles. The first-order valence-electron chi connectivity index (χ1n) is 8.34. The summed E-state index contributed by atoms with van der Waals surface area (Å²) in [7, 11) is 2.84. The fourth-order valence-electron chi connectivity index (χ4n) is 3.40. The van der Waals surface area contributed by atoms with E-state index in [1.54, 1.807) is 0 Å². The van der Waals surface area contributed by atoms with Gasteiger partial charge in [0.2, 0.25) is 11.8 Å². The van der Waals surface area contributed by atoms with Gasteiger partial charge in [-0.1, -0.05) is 56.1 Å². The van der Waals surface area contributed by atoms with E-state index in [9.17, 15) is 14.4 Å². The number of rotatable bonds is 4. The molecule has 1 aliphatic heterocycles. The normalized spacial score (nSPS) is 16.8. The zero-order valence-electron chi connectivity index (χ0n) is 14.9. The summed E-state index contributed by atoms with van der Waals surface area (Å²) in [6.45, 7) is 0. The monoisotopic (exact) mass is 492 g/mol. The SMILES string of the molecule is CN1C(=O)N(C)C(=O)C(Cc2ccc(Br)cc2)(Cc2ccc(Br)cc2)C1=O. The predicted molar refractivity (Wildman–Crippen MR) is 109 cm³/mol. The van der Waals surface area contributed by atoms with E-state index in [1.807, 2.05) is 48.5 Å². The van der Waals surface area contributed by atoms with E-state index < -0.39 is 23.3 Å². The Morgan fingerprint density at radius 1 is 0.704 bits per heavy atom. The van der Waals surface area contributed by atoms with Crippen LogP contribution in [0.15, 0.2) is 57.5 Å². The Balaban J connectivity index is 2.08. The van der Waals surface area contributed by atoms with E-state index in [4.69, 9.17) is 0 Å². The number of urea groups is 1. The van der Waals surface area contributed by atoms with Crippen molar-refractivity contribution in [3.05, 3.63) is 68.6 Å². The molecule has 0 N–H and O–H groups in total. The van der Waals surface area contributed by atoms with Gasteiger partial charge in [-0.05, 0) is 48.2 Å². The van der Waals surface area contributed by atoms with Crippen molar-refractivity contribution < 1.29 is 14.4 Å². The Kier molecular flexibility index (Phi) is 5.53. The average molecular weight is 494 g/mol. The lowest BCUT2D eigenvalue weighted by Gasteiger charge is -2.42. The number of barbiturate groups is 1. The van der Waals surface area contributed by atoms with Gasteiger partial charge in [-0.25, -0.2) is 4.79 Å². The molecule has 1 saturated heterocycles. The fraction of sp³-hybridized carbons (Fsp3) is 0.250. The van der Waals surface area contributed by atoms with Gasteiger partial charge >= 0.3 is 6.03 Å². The Hall–Kier alpha value is -1.99. The largest absolute Gasteiger partial charge is 0.332 e. The first-order valence-corrected chi connectivity index (χ1v) is 9.92. The second-order valence-electron chi connectivity index (χ2n) is 6.70. The molecule has 0 aromatic heterocycles. The van der Waals surface area contributed by atoms with Crippen LogP contribution >= 0.6 is 31.9 Å². The Morgan fingerprint density at radius 3 is 1.37 bits per heavy atom. The summed E-state index contributed by atoms with van der Waals surface area (Å²) in [5, 5.41) is 0. The maximum Gasteiger partial charge on any atom is 0.332 e. The number of benzene rings is 2. The minimum atomic E-state index is -1.36. The van der Waals surface area contributed by atoms with Gasteiger partial charge in [0.1, 0.15) is 5.41 Å². The Bertz CT molecular complexity index is 821. The Labute approximate surface area is 174 Å². The molecule has 1 fully saturated rings. The Morgan fingerprint density at radius 2 is 1.04 bits per heavy atom. The molecule has 0 aliphatic carbocycles. The highest BCUT2D eigenvalue weighted by Gasteiger charge is 2.55. The number of hydrogen-bond donors (Lipinski definition) is 0. The molecule has 3 rings (SSSR count). The molecule has 1 aliphatic rings. The molecule has 5 nitrogen and oxygen atoms in total. The van der Waals surface area contributed by atoms with Crippen LogP contribution in [0.1, 0.15) is 11.1 Å². The van der Waals surface area contributed by atoms with Gasteiger partial charge < -0.3 is 0 Å². The van der Waals surface area contributed by atoms with Crippen LogP contribution in [0.3, 0.4) is 0 Å². The quantitative estimate of drug-likeness (QED) is 0.604. The van der Waals surface area contributed by atoms with Crippen molar-refractivity contribution in [2.75, 3.05) is 14.1 Å². The summed E-state index contributed by atoms with van der Waals surface area (Å²) in [6, 6.07) is 14.4. The minimum Gasteiger partial charge on any atom is -0.273 e. The van der Waals surface area contributed by atoms with Crippen LogP contribution in [0.2, 0.25) is 0 Å². The van der Waals surface area contributed by atoms with Crippen LogP contribution in [0.5, 0.6) is 0 Å². The number of amides is 4. The van der Waals surface area contributed by atoms with E-state index >= 15 is 0 Å². The zero-order chi connectivity index (χ0) is 19.8. The van der Waals surface area contributed by atoms with Gasteiger partial charge in [0.05, 0.1) is 0 Å². The molecule has 7 heteroatoms. The van der Waals surface area contributed by atoms with E-state index in [2.05, 4.69) is 31.9 Å². The van der Waals surface area contributed by atoms with Crippen molar-refractivity contribution in [2.45, 2.75) is 12.8 Å². The molecule has 1 heterocycles. The summed E-state index contributed by atoms with van der Waals surface area (Å²) in [5.41, 5.74) is 0.348. The van der Waals surface area contributed by atoms with Crippen LogP contribution in [0.4, 0.5) is 4.79 Å². The van der Waals surface area contributed by atoms with E-state index in [-0.39, 0.29) is 12.8 Å². The predicted octanol–water partition coefficient (Wildman–Crippen LogP) is 4.03. The van der Waals surface area contributed by atoms with Gasteiger partial charge in [0.15, 0.2) is 0 Å². The third-order valence-electron chi connectivity index (χ3n) is 4.84. The lowest BCUT2D eigenvalue weighted by atomic mass is 9.73. The minimum absolute atomic E-state index is 0.218. The lowest BCUT2D eigenvalue weighted by Crippen LogP contribution is -2.64. The van der Waals surface area contributed by atoms with Crippen LogP contribution in [0.25, 0.3) is 0 Å². The standard InChI is InChI=1S/C20H18Br2N2O3/c1-23-17(25)20(18(26)24(2)19(23)27,11-13-3-7-15(21)8-4-13)12-14-5-9-16(22)10-6-14/h3-10H,11-12H2,1-2H3. The average Bonchev–Trinajstić information content (AvgIpc) is 2.67. The number of carbonyl (C=O) groups is 3. The highest BCUT2D eigenvalue weighted by molar-refractivity contribution is 9.10. The lowest BCUT2D eigenvalue weighted by molar-refractivity contribution is -0.157. The summed E-state index contributed by atoms with van der Waals surface area (Å²) in [6.07, 6.45) is 0.436. The highest BCUT2D eigenvalue weighted by atomic mass is 79.9. The van der Waals surface area contributed by atoms with Crippen molar-refractivity contribution in [1.82, 2.24) is 9.80 Å². The number of carbonyl (C=O) groups excluding carboxylic acids is 3. The maximum atomic E-state index is 13.2. The van der Waals surface area contributed by atoms with Gasteiger partial charge in [-0.3, -0.25) is 19.4 Å². The van der Waals surface area contributed by atoms with Crippen molar-refractivity contribution in [2.24, 2.45) is 5.41 Å². The van der Waals surface area contributed by atoms with Gasteiger partial charge in [0.25, 0.3) is 0 Å². The molecule has 0 saturated carbocycles. The maximum absolute atomic E-state index is 13.2. The summed E-state index contributed by atoms with van der Waals surface area (Å²) in [4.78, 5) is 40.7. The molecule has 0 bridgehead atoms. The van der Waals surface area contributed by atoms with Crippen LogP contribution in [0, 0.1) is 5.41 Å². The number of halogens is 2. The topological polar surface area (TPSA) is 57.7 Å². The van der Waals surface area contributed by atoms with E-state index in [0.29, 0.717) is 0 Å². The molecule has 0 unspecified atom stereocenters. The second kappa shape index (κ2) is 7.56. The molecule has 0 spiro atoms. The molecular formula is C20H18Br2N2O3. The molecular weight excluding hydrogens is 476 g/mol. The molecule has 2 aromatic rings. The zero-order valence-corrected chi connectivity index (χ0v) is 18.1. The van der Waals surface area contributed by atoms with Crippen molar-refractivity contribution in [3.8, 4) is 0 Å². The third-order valence-corrected chi connectivity index (χ3v) is 5.90. The van der Waals surface area contributed by atoms with Gasteiger partial charge in [-0.15, -0.1) is 0 Å². The number of imide groups is 2. The van der Waals surface area contributed by atoms with Gasteiger partial charge in [-0.2, -0.15) is 0 Å². The summed E-state index contributed by atoms with van der Waals surface area (Å²) in [5.74, 6) is -0.942. The van der Waals surface area contributed by atoms with Crippen LogP contribution < -0.4 is 0 Å². The molecule has 0 atom stereocenters. The van der Waals surface area contributed by atoms with Crippen molar-refractivity contribution in [1.29, 1.82) is 0 Å². The third kappa shape index (κ3) is 3.71. The smallest absolute Gasteiger partial charge is 0.273 e. The molecule has 4 amide bonds. The van der Waals surface area contributed by atoms with Crippen molar-refractivity contribution >= 4 is 49.7 Å². The first kappa shape index (κ1) is 19.8. The number of nitrogens with zero attached hydrogens (tertiary/aromatic N) is 2. The van der Waals surface area contributed by atoms with E-state index in [0.717, 1.165) is 29.9 Å². The molecule has 27 heavy (non-hydrogen) atoms. The first-order chi connectivity index (χ1) is 12.7. The summed E-state index contributed by atoms with van der Waals surface area (Å²) < 4.78 is 1.83. The summed E-state index contributed by atoms with van der Waals surface area (Å²) >= 11 is 6.79. The van der Waals surface area contributed by atoms with Crippen LogP contribution in [-0.2, 0) is 22.4 Å². The highest BCUT2D eigenvalue weighted by Crippen LogP contribution is 2.36. The van der Waals surface area contributed by atoms with Crippen LogP contribution in [-0.4, -0.2) is 41.7 Å². The van der Waals surface area contributed by atoms with Gasteiger partial charge in [0, 0.05) is 23.0 Å². The molecule has 0 radical (unpaired) electrons. The second-order valence-corrected chi connectivity index (χ2v) is 8.53. The van der Waals surface area contributed by atoms with E-state index in [1.165, 1.54) is 14.1 Å².